The van der Waals surface area contributed by atoms with Crippen LogP contribution in [-0.4, -0.2) is 37.6 Å². The summed E-state index contributed by atoms with van der Waals surface area (Å²) in [7, 11) is 1.79. The fraction of sp³-hybridized carbons (Fsp3) is 0.211. The standard InChI is InChI=1S/C19H19N5OS/c1-13-20-16-5-3-4-6-18(16)24(13)11-15-9-17(22-21-15)19(25)23(2)10-14-7-8-26-12-14/h3-9,12H,10-11H2,1-2H3,(H,21,22). The third-order valence-electron chi connectivity index (χ3n) is 4.37. The van der Waals surface area contributed by atoms with Gasteiger partial charge in [-0.15, -0.1) is 0 Å². The number of imidazole rings is 1. The third kappa shape index (κ3) is 3.13. The number of H-pyrrole nitrogens is 1. The van der Waals surface area contributed by atoms with Crippen LogP contribution >= 0.6 is 11.3 Å². The zero-order chi connectivity index (χ0) is 18.1. The number of carbonyl (C=O) groups excluding carboxylic acids is 1. The fourth-order valence-electron chi connectivity index (χ4n) is 3.04. The van der Waals surface area contributed by atoms with Gasteiger partial charge in [0.05, 0.1) is 23.3 Å². The van der Waals surface area contributed by atoms with Gasteiger partial charge in [0.1, 0.15) is 11.5 Å². The Labute approximate surface area is 155 Å². The monoisotopic (exact) mass is 365 g/mol. The van der Waals surface area contributed by atoms with E-state index in [1.165, 1.54) is 0 Å². The van der Waals surface area contributed by atoms with Crippen molar-refractivity contribution in [3.63, 3.8) is 0 Å². The van der Waals surface area contributed by atoms with Crippen LogP contribution in [0.4, 0.5) is 0 Å². The van der Waals surface area contributed by atoms with Crippen LogP contribution in [0.5, 0.6) is 0 Å². The molecule has 0 saturated heterocycles. The summed E-state index contributed by atoms with van der Waals surface area (Å²) >= 11 is 1.63. The van der Waals surface area contributed by atoms with E-state index in [-0.39, 0.29) is 5.91 Å². The fourth-order valence-corrected chi connectivity index (χ4v) is 3.70. The van der Waals surface area contributed by atoms with Crippen molar-refractivity contribution in [2.75, 3.05) is 7.05 Å². The van der Waals surface area contributed by atoms with Crippen molar-refractivity contribution in [3.05, 3.63) is 69.9 Å². The first kappa shape index (κ1) is 16.5. The Balaban J connectivity index is 1.52. The summed E-state index contributed by atoms with van der Waals surface area (Å²) in [5.41, 5.74) is 4.48. The van der Waals surface area contributed by atoms with Crippen molar-refractivity contribution in [1.29, 1.82) is 0 Å². The molecule has 26 heavy (non-hydrogen) atoms. The number of carbonyl (C=O) groups is 1. The highest BCUT2D eigenvalue weighted by Gasteiger charge is 2.17. The van der Waals surface area contributed by atoms with E-state index in [0.29, 0.717) is 18.8 Å². The Morgan fingerprint density at radius 1 is 1.31 bits per heavy atom. The minimum Gasteiger partial charge on any atom is -0.336 e. The van der Waals surface area contributed by atoms with Gasteiger partial charge < -0.3 is 9.47 Å². The van der Waals surface area contributed by atoms with Gasteiger partial charge >= 0.3 is 0 Å². The minimum atomic E-state index is -0.0917. The number of benzene rings is 1. The Morgan fingerprint density at radius 2 is 2.15 bits per heavy atom. The highest BCUT2D eigenvalue weighted by molar-refractivity contribution is 7.07. The third-order valence-corrected chi connectivity index (χ3v) is 5.10. The number of para-hydroxylation sites is 2. The normalized spacial score (nSPS) is 11.2. The van der Waals surface area contributed by atoms with Gasteiger partial charge in [-0.2, -0.15) is 16.4 Å². The van der Waals surface area contributed by atoms with Crippen LogP contribution in [0.15, 0.2) is 47.2 Å². The zero-order valence-corrected chi connectivity index (χ0v) is 15.5. The Hall–Kier alpha value is -2.93. The van der Waals surface area contributed by atoms with E-state index in [0.717, 1.165) is 28.1 Å². The van der Waals surface area contributed by atoms with Crippen LogP contribution in [0.25, 0.3) is 11.0 Å². The predicted octanol–water partition coefficient (Wildman–Crippen LogP) is 3.45. The number of hydrogen-bond donors (Lipinski definition) is 1. The molecule has 3 heterocycles. The molecule has 0 aliphatic heterocycles. The Morgan fingerprint density at radius 3 is 2.96 bits per heavy atom. The Bertz CT molecular complexity index is 1050. The summed E-state index contributed by atoms with van der Waals surface area (Å²) in [4.78, 5) is 18.8. The molecule has 1 N–H and O–H groups in total. The lowest BCUT2D eigenvalue weighted by Gasteiger charge is -2.14. The molecule has 0 spiro atoms. The molecule has 4 aromatic rings. The first-order chi connectivity index (χ1) is 12.6. The number of nitrogens with one attached hydrogen (secondary N) is 1. The van der Waals surface area contributed by atoms with Crippen molar-refractivity contribution in [3.8, 4) is 0 Å². The Kier molecular flexibility index (Phi) is 4.30. The SMILES string of the molecule is Cc1nc2ccccc2n1Cc1cc(C(=O)N(C)Cc2ccsc2)n[nH]1. The highest BCUT2D eigenvalue weighted by atomic mass is 32.1. The molecule has 0 saturated carbocycles. The van der Waals surface area contributed by atoms with Gasteiger partial charge in [0.2, 0.25) is 0 Å². The van der Waals surface area contributed by atoms with E-state index in [1.807, 2.05) is 54.1 Å². The van der Waals surface area contributed by atoms with E-state index in [1.54, 1.807) is 23.3 Å². The van der Waals surface area contributed by atoms with E-state index in [4.69, 9.17) is 0 Å². The number of hydrogen-bond acceptors (Lipinski definition) is 4. The lowest BCUT2D eigenvalue weighted by molar-refractivity contribution is 0.0779. The molecular formula is C19H19N5OS. The summed E-state index contributed by atoms with van der Waals surface area (Å²) in [5.74, 6) is 0.842. The second kappa shape index (κ2) is 6.76. The second-order valence-corrected chi connectivity index (χ2v) is 7.09. The smallest absolute Gasteiger partial charge is 0.274 e. The molecular weight excluding hydrogens is 346 g/mol. The van der Waals surface area contributed by atoms with Crippen LogP contribution < -0.4 is 0 Å². The summed E-state index contributed by atoms with van der Waals surface area (Å²) < 4.78 is 2.12. The maximum absolute atomic E-state index is 12.6. The molecule has 132 valence electrons. The van der Waals surface area contributed by atoms with Gasteiger partial charge in [-0.25, -0.2) is 4.98 Å². The number of aromatic nitrogens is 4. The van der Waals surface area contributed by atoms with Gasteiger partial charge in [-0.1, -0.05) is 12.1 Å². The van der Waals surface area contributed by atoms with E-state index in [2.05, 4.69) is 19.7 Å². The first-order valence-corrected chi connectivity index (χ1v) is 9.29. The molecule has 0 atom stereocenters. The van der Waals surface area contributed by atoms with Crippen LogP contribution in [0.1, 0.15) is 27.6 Å². The van der Waals surface area contributed by atoms with Crippen molar-refractivity contribution in [2.45, 2.75) is 20.0 Å². The topological polar surface area (TPSA) is 66.8 Å². The molecule has 0 aliphatic rings. The van der Waals surface area contributed by atoms with Crippen molar-refractivity contribution in [2.24, 2.45) is 0 Å². The number of aromatic amines is 1. The molecule has 4 rings (SSSR count). The maximum Gasteiger partial charge on any atom is 0.274 e. The number of amides is 1. The number of fused-ring (bicyclic) bond motifs is 1. The van der Waals surface area contributed by atoms with Crippen LogP contribution in [-0.2, 0) is 13.1 Å². The van der Waals surface area contributed by atoms with Crippen LogP contribution in [0.3, 0.4) is 0 Å². The molecule has 0 bridgehead atoms. The molecule has 0 radical (unpaired) electrons. The van der Waals surface area contributed by atoms with Crippen LogP contribution in [0, 0.1) is 6.92 Å². The van der Waals surface area contributed by atoms with E-state index in [9.17, 15) is 4.79 Å². The lowest BCUT2D eigenvalue weighted by Crippen LogP contribution is -2.26. The molecule has 3 aromatic heterocycles. The summed E-state index contributed by atoms with van der Waals surface area (Å²) in [6.07, 6.45) is 0. The van der Waals surface area contributed by atoms with Crippen molar-refractivity contribution in [1.82, 2.24) is 24.6 Å². The van der Waals surface area contributed by atoms with E-state index < -0.39 is 0 Å². The maximum atomic E-state index is 12.6. The molecule has 1 amide bonds. The van der Waals surface area contributed by atoms with Crippen LogP contribution in [0.2, 0.25) is 0 Å². The van der Waals surface area contributed by atoms with Gasteiger partial charge in [0, 0.05) is 13.6 Å². The molecule has 7 heteroatoms. The van der Waals surface area contributed by atoms with Crippen molar-refractivity contribution < 1.29 is 4.79 Å². The molecule has 6 nitrogen and oxygen atoms in total. The summed E-state index contributed by atoms with van der Waals surface area (Å²) in [6.45, 7) is 3.16. The molecule has 0 aliphatic carbocycles. The predicted molar refractivity (Wildman–Crippen MR) is 102 cm³/mol. The van der Waals surface area contributed by atoms with E-state index >= 15 is 0 Å². The molecule has 0 unspecified atom stereocenters. The van der Waals surface area contributed by atoms with Gasteiger partial charge in [-0.05, 0) is 47.5 Å². The average molecular weight is 365 g/mol. The quantitative estimate of drug-likeness (QED) is 0.589. The number of nitrogens with zero attached hydrogens (tertiary/aromatic N) is 4. The molecule has 0 fully saturated rings. The number of thiophene rings is 1. The van der Waals surface area contributed by atoms with Gasteiger partial charge in [-0.3, -0.25) is 9.89 Å². The number of aryl methyl sites for hydroxylation is 1. The second-order valence-electron chi connectivity index (χ2n) is 6.31. The molecule has 1 aromatic carbocycles. The van der Waals surface area contributed by atoms with Gasteiger partial charge in [0.15, 0.2) is 0 Å². The first-order valence-electron chi connectivity index (χ1n) is 8.34. The zero-order valence-electron chi connectivity index (χ0n) is 14.6. The lowest BCUT2D eigenvalue weighted by atomic mass is 10.2. The summed E-state index contributed by atoms with van der Waals surface area (Å²) in [5, 5.41) is 11.3. The summed E-state index contributed by atoms with van der Waals surface area (Å²) in [6, 6.07) is 11.9. The largest absolute Gasteiger partial charge is 0.336 e. The highest BCUT2D eigenvalue weighted by Crippen LogP contribution is 2.17. The van der Waals surface area contributed by atoms with Gasteiger partial charge in [0.25, 0.3) is 5.91 Å². The number of rotatable bonds is 5. The average Bonchev–Trinajstić information content (AvgIpc) is 3.36. The van der Waals surface area contributed by atoms with Crippen molar-refractivity contribution >= 4 is 28.3 Å². The minimum absolute atomic E-state index is 0.0917.